The Labute approximate surface area is 98.7 Å². The van der Waals surface area contributed by atoms with Crippen molar-refractivity contribution in [3.8, 4) is 11.3 Å². The molecule has 0 atom stereocenters. The van der Waals surface area contributed by atoms with Gasteiger partial charge in [-0.25, -0.2) is 9.97 Å². The number of aromatic nitrogens is 4. The van der Waals surface area contributed by atoms with Crippen molar-refractivity contribution in [2.75, 3.05) is 0 Å². The highest BCUT2D eigenvalue weighted by molar-refractivity contribution is 5.89. The van der Waals surface area contributed by atoms with Crippen LogP contribution < -0.4 is 0 Å². The summed E-state index contributed by atoms with van der Waals surface area (Å²) < 4.78 is 0. The van der Waals surface area contributed by atoms with E-state index in [1.165, 1.54) is 5.56 Å². The first-order valence-corrected chi connectivity index (χ1v) is 5.49. The Bertz CT molecular complexity index is 685. The fraction of sp³-hybridized carbons (Fsp3) is 0.154. The predicted octanol–water partition coefficient (Wildman–Crippen LogP) is 2.64. The van der Waals surface area contributed by atoms with Crippen molar-refractivity contribution in [2.45, 2.75) is 13.8 Å². The van der Waals surface area contributed by atoms with Crippen molar-refractivity contribution in [1.29, 1.82) is 0 Å². The van der Waals surface area contributed by atoms with Crippen LogP contribution in [0.1, 0.15) is 11.4 Å². The molecule has 3 aromatic rings. The Morgan fingerprint density at radius 3 is 2.82 bits per heavy atom. The molecule has 0 aliphatic rings. The minimum Gasteiger partial charge on any atom is -0.261 e. The largest absolute Gasteiger partial charge is 0.261 e. The Morgan fingerprint density at radius 1 is 1.12 bits per heavy atom. The molecule has 0 saturated heterocycles. The predicted molar refractivity (Wildman–Crippen MR) is 66.6 cm³/mol. The van der Waals surface area contributed by atoms with Crippen LogP contribution in [0, 0.1) is 13.8 Å². The summed E-state index contributed by atoms with van der Waals surface area (Å²) in [5.41, 5.74) is 4.04. The molecule has 2 aromatic heterocycles. The molecule has 1 aromatic carbocycles. The first-order chi connectivity index (χ1) is 8.24. The maximum Gasteiger partial charge on any atom is 0.159 e. The molecule has 0 fully saturated rings. The van der Waals surface area contributed by atoms with Crippen LogP contribution in [-0.4, -0.2) is 20.2 Å². The molecule has 3 rings (SSSR count). The van der Waals surface area contributed by atoms with Gasteiger partial charge in [0.1, 0.15) is 5.82 Å². The first kappa shape index (κ1) is 9.96. The highest BCUT2D eigenvalue weighted by Gasteiger charge is 2.09. The Kier molecular flexibility index (Phi) is 2.14. The van der Waals surface area contributed by atoms with Gasteiger partial charge in [-0.15, -0.1) is 0 Å². The smallest absolute Gasteiger partial charge is 0.159 e. The highest BCUT2D eigenvalue weighted by atomic mass is 15.1. The van der Waals surface area contributed by atoms with Crippen LogP contribution >= 0.6 is 0 Å². The van der Waals surface area contributed by atoms with E-state index < -0.39 is 0 Å². The minimum absolute atomic E-state index is 0.748. The Balaban J connectivity index is 2.32. The SMILES string of the molecule is Cc1cccc(-c2nc(C)nc3[nH]ncc23)c1. The zero-order valence-corrected chi connectivity index (χ0v) is 9.73. The van der Waals surface area contributed by atoms with Crippen molar-refractivity contribution < 1.29 is 0 Å². The van der Waals surface area contributed by atoms with Crippen molar-refractivity contribution in [3.63, 3.8) is 0 Å². The average Bonchev–Trinajstić information content (AvgIpc) is 2.75. The number of rotatable bonds is 1. The summed E-state index contributed by atoms with van der Waals surface area (Å²) in [4.78, 5) is 8.83. The van der Waals surface area contributed by atoms with E-state index in [0.717, 1.165) is 28.1 Å². The fourth-order valence-corrected chi connectivity index (χ4v) is 1.96. The highest BCUT2D eigenvalue weighted by Crippen LogP contribution is 2.25. The number of hydrogen-bond acceptors (Lipinski definition) is 3. The van der Waals surface area contributed by atoms with E-state index in [9.17, 15) is 0 Å². The molecular formula is C13H12N4. The van der Waals surface area contributed by atoms with Crippen LogP contribution in [0.3, 0.4) is 0 Å². The molecule has 2 heterocycles. The number of aromatic amines is 1. The lowest BCUT2D eigenvalue weighted by Crippen LogP contribution is -1.93. The van der Waals surface area contributed by atoms with Gasteiger partial charge in [-0.2, -0.15) is 5.10 Å². The monoisotopic (exact) mass is 224 g/mol. The number of aryl methyl sites for hydroxylation is 2. The second-order valence-corrected chi connectivity index (χ2v) is 4.12. The van der Waals surface area contributed by atoms with Crippen molar-refractivity contribution in [3.05, 3.63) is 41.9 Å². The maximum absolute atomic E-state index is 4.51. The summed E-state index contributed by atoms with van der Waals surface area (Å²) in [6.07, 6.45) is 1.77. The van der Waals surface area contributed by atoms with E-state index in [0.29, 0.717) is 0 Å². The number of fused-ring (bicyclic) bond motifs is 1. The van der Waals surface area contributed by atoms with Crippen molar-refractivity contribution in [2.24, 2.45) is 0 Å². The molecule has 0 bridgehead atoms. The zero-order chi connectivity index (χ0) is 11.8. The van der Waals surface area contributed by atoms with E-state index >= 15 is 0 Å². The van der Waals surface area contributed by atoms with Crippen LogP contribution in [0.2, 0.25) is 0 Å². The lowest BCUT2D eigenvalue weighted by Gasteiger charge is -2.04. The standard InChI is InChI=1S/C13H12N4/c1-8-4-3-5-10(6-8)12-11-7-14-17-13(11)16-9(2)15-12/h3-7H,1-2H3,(H,14,15,16,17). The molecule has 1 N–H and O–H groups in total. The summed E-state index contributed by atoms with van der Waals surface area (Å²) in [6, 6.07) is 8.29. The molecule has 0 aliphatic carbocycles. The molecule has 0 aliphatic heterocycles. The summed E-state index contributed by atoms with van der Waals surface area (Å²) in [6.45, 7) is 3.96. The molecule has 84 valence electrons. The maximum atomic E-state index is 4.51. The fourth-order valence-electron chi connectivity index (χ4n) is 1.96. The molecule has 4 nitrogen and oxygen atoms in total. The van der Waals surface area contributed by atoms with Crippen LogP contribution in [0.4, 0.5) is 0 Å². The topological polar surface area (TPSA) is 54.5 Å². The van der Waals surface area contributed by atoms with Crippen LogP contribution in [0.15, 0.2) is 30.5 Å². The van der Waals surface area contributed by atoms with Gasteiger partial charge in [0, 0.05) is 5.56 Å². The summed E-state index contributed by atoms with van der Waals surface area (Å²) in [7, 11) is 0. The van der Waals surface area contributed by atoms with Gasteiger partial charge in [-0.3, -0.25) is 5.10 Å². The van der Waals surface area contributed by atoms with E-state index in [-0.39, 0.29) is 0 Å². The second-order valence-electron chi connectivity index (χ2n) is 4.12. The summed E-state index contributed by atoms with van der Waals surface area (Å²) in [5, 5.41) is 7.87. The number of benzene rings is 1. The number of hydrogen-bond donors (Lipinski definition) is 1. The van der Waals surface area contributed by atoms with Gasteiger partial charge in [0.15, 0.2) is 5.65 Å². The van der Waals surface area contributed by atoms with E-state index in [2.05, 4.69) is 45.3 Å². The van der Waals surface area contributed by atoms with Crippen LogP contribution in [0.5, 0.6) is 0 Å². The number of nitrogens with zero attached hydrogens (tertiary/aromatic N) is 3. The van der Waals surface area contributed by atoms with Gasteiger partial charge in [0.2, 0.25) is 0 Å². The molecule has 4 heteroatoms. The van der Waals surface area contributed by atoms with Gasteiger partial charge < -0.3 is 0 Å². The molecule has 0 unspecified atom stereocenters. The summed E-state index contributed by atoms with van der Waals surface area (Å²) in [5.74, 6) is 0.748. The van der Waals surface area contributed by atoms with E-state index in [1.807, 2.05) is 13.0 Å². The molecule has 0 spiro atoms. The third-order valence-electron chi connectivity index (χ3n) is 2.71. The number of H-pyrrole nitrogens is 1. The third-order valence-corrected chi connectivity index (χ3v) is 2.71. The van der Waals surface area contributed by atoms with Gasteiger partial charge >= 0.3 is 0 Å². The quantitative estimate of drug-likeness (QED) is 0.691. The average molecular weight is 224 g/mol. The number of nitrogens with one attached hydrogen (secondary N) is 1. The lowest BCUT2D eigenvalue weighted by molar-refractivity contribution is 1.05. The minimum atomic E-state index is 0.748. The van der Waals surface area contributed by atoms with Crippen molar-refractivity contribution >= 4 is 11.0 Å². The Hall–Kier alpha value is -2.23. The van der Waals surface area contributed by atoms with E-state index in [4.69, 9.17) is 0 Å². The third kappa shape index (κ3) is 1.67. The second kappa shape index (κ2) is 3.66. The van der Waals surface area contributed by atoms with Crippen molar-refractivity contribution in [1.82, 2.24) is 20.2 Å². The molecular weight excluding hydrogens is 212 g/mol. The van der Waals surface area contributed by atoms with Crippen LogP contribution in [0.25, 0.3) is 22.3 Å². The Morgan fingerprint density at radius 2 is 2.00 bits per heavy atom. The molecule has 17 heavy (non-hydrogen) atoms. The van der Waals surface area contributed by atoms with Gasteiger partial charge in [0.25, 0.3) is 0 Å². The summed E-state index contributed by atoms with van der Waals surface area (Å²) >= 11 is 0. The van der Waals surface area contributed by atoms with Gasteiger partial charge in [-0.05, 0) is 19.9 Å². The van der Waals surface area contributed by atoms with Gasteiger partial charge in [0.05, 0.1) is 17.3 Å². The first-order valence-electron chi connectivity index (χ1n) is 5.49. The molecule has 0 saturated carbocycles. The van der Waals surface area contributed by atoms with Crippen LogP contribution in [-0.2, 0) is 0 Å². The van der Waals surface area contributed by atoms with E-state index in [1.54, 1.807) is 6.20 Å². The molecule has 0 amide bonds. The van der Waals surface area contributed by atoms with Gasteiger partial charge in [-0.1, -0.05) is 23.8 Å². The zero-order valence-electron chi connectivity index (χ0n) is 9.73. The lowest BCUT2D eigenvalue weighted by atomic mass is 10.1. The normalized spacial score (nSPS) is 10.9. The molecule has 0 radical (unpaired) electrons.